The molecule has 0 unspecified atom stereocenters. The molecule has 0 saturated carbocycles. The highest BCUT2D eigenvalue weighted by Crippen LogP contribution is 2.33. The molecule has 1 N–H and O–H groups in total. The standard InChI is InChI=1S/C21H20FNO5S/c1-13-19-14(22)6-5-9-17(19)29-20(13)21(25)28-12-18(24)23-10-11-27-16-8-4-3-7-15(16)26-2/h3-9H,10-12H2,1-2H3,(H,23,24). The molecule has 1 aromatic heterocycles. The number of halogens is 1. The zero-order valence-electron chi connectivity index (χ0n) is 16.0. The number of hydrogen-bond donors (Lipinski definition) is 1. The maximum Gasteiger partial charge on any atom is 0.349 e. The number of carbonyl (C=O) groups excluding carboxylic acids is 2. The van der Waals surface area contributed by atoms with Crippen molar-refractivity contribution in [3.8, 4) is 11.5 Å². The molecule has 6 nitrogen and oxygen atoms in total. The first-order valence-electron chi connectivity index (χ1n) is 8.88. The molecular formula is C21H20FNO5S. The van der Waals surface area contributed by atoms with Gasteiger partial charge in [0.25, 0.3) is 5.91 Å². The van der Waals surface area contributed by atoms with Crippen LogP contribution in [0.2, 0.25) is 0 Å². The fraction of sp³-hybridized carbons (Fsp3) is 0.238. The van der Waals surface area contributed by atoms with E-state index >= 15 is 0 Å². The largest absolute Gasteiger partial charge is 0.493 e. The van der Waals surface area contributed by atoms with E-state index in [-0.39, 0.29) is 23.8 Å². The lowest BCUT2D eigenvalue weighted by Crippen LogP contribution is -2.32. The molecule has 8 heteroatoms. The summed E-state index contributed by atoms with van der Waals surface area (Å²) in [6.45, 7) is 1.70. The van der Waals surface area contributed by atoms with E-state index in [0.29, 0.717) is 27.1 Å². The highest BCUT2D eigenvalue weighted by molar-refractivity contribution is 7.21. The normalized spacial score (nSPS) is 10.6. The third-order valence-electron chi connectivity index (χ3n) is 4.17. The van der Waals surface area contributed by atoms with E-state index in [0.717, 1.165) is 11.3 Å². The number of amides is 1. The number of fused-ring (bicyclic) bond motifs is 1. The van der Waals surface area contributed by atoms with E-state index in [2.05, 4.69) is 5.32 Å². The first-order chi connectivity index (χ1) is 14.0. The molecule has 1 amide bonds. The second-order valence-electron chi connectivity index (χ2n) is 6.09. The molecule has 3 rings (SSSR count). The molecule has 29 heavy (non-hydrogen) atoms. The van der Waals surface area contributed by atoms with E-state index < -0.39 is 18.5 Å². The topological polar surface area (TPSA) is 73.9 Å². The summed E-state index contributed by atoms with van der Waals surface area (Å²) < 4.78 is 30.4. The summed E-state index contributed by atoms with van der Waals surface area (Å²) in [7, 11) is 1.55. The van der Waals surface area contributed by atoms with Gasteiger partial charge in [-0.1, -0.05) is 18.2 Å². The number of ether oxygens (including phenoxy) is 3. The van der Waals surface area contributed by atoms with Crippen LogP contribution in [0, 0.1) is 12.7 Å². The van der Waals surface area contributed by atoms with Crippen LogP contribution in [0.15, 0.2) is 42.5 Å². The van der Waals surface area contributed by atoms with Crippen LogP contribution >= 0.6 is 11.3 Å². The first kappa shape index (κ1) is 20.6. The highest BCUT2D eigenvalue weighted by Gasteiger charge is 2.19. The minimum absolute atomic E-state index is 0.231. The minimum Gasteiger partial charge on any atom is -0.493 e. The van der Waals surface area contributed by atoms with E-state index in [4.69, 9.17) is 14.2 Å². The van der Waals surface area contributed by atoms with Crippen molar-refractivity contribution in [1.29, 1.82) is 0 Å². The predicted molar refractivity (Wildman–Crippen MR) is 108 cm³/mol. The van der Waals surface area contributed by atoms with Crippen LogP contribution in [-0.2, 0) is 9.53 Å². The lowest BCUT2D eigenvalue weighted by Gasteiger charge is -2.11. The summed E-state index contributed by atoms with van der Waals surface area (Å²) in [5.41, 5.74) is 0.513. The number of carbonyl (C=O) groups is 2. The van der Waals surface area contributed by atoms with E-state index in [9.17, 15) is 14.0 Å². The molecular weight excluding hydrogens is 397 g/mol. The zero-order chi connectivity index (χ0) is 20.8. The Morgan fingerprint density at radius 3 is 2.59 bits per heavy atom. The van der Waals surface area contributed by atoms with Crippen LogP contribution in [0.1, 0.15) is 15.2 Å². The van der Waals surface area contributed by atoms with Crippen molar-refractivity contribution in [2.45, 2.75) is 6.92 Å². The Morgan fingerprint density at radius 1 is 1.10 bits per heavy atom. The molecule has 0 bridgehead atoms. The van der Waals surface area contributed by atoms with Crippen molar-refractivity contribution in [2.24, 2.45) is 0 Å². The van der Waals surface area contributed by atoms with Gasteiger partial charge in [-0.15, -0.1) is 11.3 Å². The van der Waals surface area contributed by atoms with Crippen LogP contribution in [0.3, 0.4) is 0 Å². The van der Waals surface area contributed by atoms with Gasteiger partial charge in [0.1, 0.15) is 17.3 Å². The summed E-state index contributed by atoms with van der Waals surface area (Å²) in [5, 5.41) is 3.01. The average molecular weight is 417 g/mol. The van der Waals surface area contributed by atoms with Gasteiger partial charge >= 0.3 is 5.97 Å². The molecule has 0 aliphatic rings. The molecule has 0 aliphatic carbocycles. The Hall–Kier alpha value is -3.13. The van der Waals surface area contributed by atoms with Gasteiger partial charge in [-0.25, -0.2) is 9.18 Å². The molecule has 0 aliphatic heterocycles. The second-order valence-corrected chi connectivity index (χ2v) is 7.15. The van der Waals surface area contributed by atoms with Crippen LogP contribution < -0.4 is 14.8 Å². The number of para-hydroxylation sites is 2. The lowest BCUT2D eigenvalue weighted by molar-refractivity contribution is -0.124. The van der Waals surface area contributed by atoms with Crippen molar-refractivity contribution in [1.82, 2.24) is 5.32 Å². The van der Waals surface area contributed by atoms with E-state index in [1.54, 1.807) is 38.3 Å². The molecule has 0 saturated heterocycles. The van der Waals surface area contributed by atoms with Crippen molar-refractivity contribution < 1.29 is 28.2 Å². The minimum atomic E-state index is -0.650. The summed E-state index contributed by atoms with van der Waals surface area (Å²) in [6, 6.07) is 11.8. The van der Waals surface area contributed by atoms with Gasteiger partial charge in [0.15, 0.2) is 18.1 Å². The summed E-state index contributed by atoms with van der Waals surface area (Å²) >= 11 is 1.14. The Labute approximate surface area is 171 Å². The Kier molecular flexibility index (Phi) is 6.66. The Morgan fingerprint density at radius 2 is 1.86 bits per heavy atom. The van der Waals surface area contributed by atoms with Gasteiger partial charge in [0.2, 0.25) is 0 Å². The fourth-order valence-corrected chi connectivity index (χ4v) is 3.90. The third kappa shape index (κ3) is 4.83. The second kappa shape index (κ2) is 9.38. The predicted octanol–water partition coefficient (Wildman–Crippen LogP) is 3.71. The Balaban J connectivity index is 1.46. The van der Waals surface area contributed by atoms with Crippen LogP contribution in [0.5, 0.6) is 11.5 Å². The van der Waals surface area contributed by atoms with Gasteiger partial charge in [-0.3, -0.25) is 4.79 Å². The fourth-order valence-electron chi connectivity index (χ4n) is 2.79. The first-order valence-corrected chi connectivity index (χ1v) is 9.70. The number of hydrogen-bond acceptors (Lipinski definition) is 6. The molecule has 0 fully saturated rings. The van der Waals surface area contributed by atoms with Gasteiger partial charge < -0.3 is 19.5 Å². The molecule has 0 spiro atoms. The van der Waals surface area contributed by atoms with Gasteiger partial charge in [0, 0.05) is 10.1 Å². The monoisotopic (exact) mass is 417 g/mol. The SMILES string of the molecule is COc1ccccc1OCCNC(=O)COC(=O)c1sc2cccc(F)c2c1C. The molecule has 152 valence electrons. The lowest BCUT2D eigenvalue weighted by atomic mass is 10.1. The number of aryl methyl sites for hydroxylation is 1. The maximum atomic E-state index is 14.0. The highest BCUT2D eigenvalue weighted by atomic mass is 32.1. The third-order valence-corrected chi connectivity index (χ3v) is 5.41. The average Bonchev–Trinajstić information content (AvgIpc) is 3.07. The number of nitrogens with one attached hydrogen (secondary N) is 1. The summed E-state index contributed by atoms with van der Waals surface area (Å²) in [5.74, 6) is -0.315. The van der Waals surface area contributed by atoms with Gasteiger partial charge in [-0.2, -0.15) is 0 Å². The summed E-state index contributed by atoms with van der Waals surface area (Å²) in [4.78, 5) is 24.5. The molecule has 0 radical (unpaired) electrons. The quantitative estimate of drug-likeness (QED) is 0.447. The molecule has 1 heterocycles. The van der Waals surface area contributed by atoms with Crippen molar-refractivity contribution in [2.75, 3.05) is 26.9 Å². The van der Waals surface area contributed by atoms with Crippen LogP contribution in [-0.4, -0.2) is 38.7 Å². The molecule has 3 aromatic rings. The van der Waals surface area contributed by atoms with Crippen molar-refractivity contribution in [3.05, 3.63) is 58.7 Å². The number of methoxy groups -OCH3 is 1. The molecule has 2 aromatic carbocycles. The van der Waals surface area contributed by atoms with Crippen LogP contribution in [0.25, 0.3) is 10.1 Å². The van der Waals surface area contributed by atoms with Gasteiger partial charge in [-0.05, 0) is 36.8 Å². The maximum absolute atomic E-state index is 14.0. The Bertz CT molecular complexity index is 1030. The number of benzene rings is 2. The number of rotatable bonds is 8. The number of esters is 1. The summed E-state index contributed by atoms with van der Waals surface area (Å²) in [6.07, 6.45) is 0. The zero-order valence-corrected chi connectivity index (χ0v) is 16.8. The van der Waals surface area contributed by atoms with E-state index in [1.807, 2.05) is 12.1 Å². The molecule has 0 atom stereocenters. The smallest absolute Gasteiger partial charge is 0.349 e. The van der Waals surface area contributed by atoms with E-state index in [1.165, 1.54) is 6.07 Å². The van der Waals surface area contributed by atoms with Crippen molar-refractivity contribution in [3.63, 3.8) is 0 Å². The van der Waals surface area contributed by atoms with Crippen molar-refractivity contribution >= 4 is 33.3 Å². The van der Waals surface area contributed by atoms with Crippen LogP contribution in [0.4, 0.5) is 4.39 Å². The number of thiophene rings is 1. The van der Waals surface area contributed by atoms with Gasteiger partial charge in [0.05, 0.1) is 13.7 Å².